The molecule has 0 atom stereocenters. The summed E-state index contributed by atoms with van der Waals surface area (Å²) in [6, 6.07) is 11.3. The van der Waals surface area contributed by atoms with Crippen molar-refractivity contribution in [3.8, 4) is 17.2 Å². The van der Waals surface area contributed by atoms with Crippen molar-refractivity contribution in [3.63, 3.8) is 0 Å². The molecule has 0 fully saturated rings. The number of nitrogens with one attached hydrogen (secondary N) is 1. The Hall–Kier alpha value is -2.47. The van der Waals surface area contributed by atoms with Gasteiger partial charge in [-0.05, 0) is 41.5 Å². The molecule has 0 aliphatic heterocycles. The monoisotopic (exact) mass is 405 g/mol. The Labute approximate surface area is 155 Å². The van der Waals surface area contributed by atoms with E-state index in [4.69, 9.17) is 14.2 Å². The van der Waals surface area contributed by atoms with E-state index in [1.54, 1.807) is 39.5 Å². The molecule has 2 aromatic carbocycles. The Balaban J connectivity index is 2.04. The zero-order chi connectivity index (χ0) is 18.2. The maximum Gasteiger partial charge on any atom is 0.244 e. The van der Waals surface area contributed by atoms with Crippen LogP contribution in [0.2, 0.25) is 0 Å². The first-order chi connectivity index (χ1) is 12.1. The molecule has 6 heteroatoms. The van der Waals surface area contributed by atoms with E-state index in [0.29, 0.717) is 23.8 Å². The largest absolute Gasteiger partial charge is 0.493 e. The van der Waals surface area contributed by atoms with E-state index in [0.717, 1.165) is 15.6 Å². The van der Waals surface area contributed by atoms with Gasteiger partial charge >= 0.3 is 0 Å². The number of benzene rings is 2. The average Bonchev–Trinajstić information content (AvgIpc) is 2.63. The van der Waals surface area contributed by atoms with Gasteiger partial charge in [-0.1, -0.05) is 28.1 Å². The van der Waals surface area contributed by atoms with E-state index >= 15 is 0 Å². The van der Waals surface area contributed by atoms with Gasteiger partial charge < -0.3 is 19.5 Å². The van der Waals surface area contributed by atoms with Crippen LogP contribution in [0.15, 0.2) is 46.9 Å². The van der Waals surface area contributed by atoms with Crippen LogP contribution in [0.1, 0.15) is 11.1 Å². The van der Waals surface area contributed by atoms with Gasteiger partial charge in [-0.2, -0.15) is 0 Å². The zero-order valence-electron chi connectivity index (χ0n) is 14.3. The van der Waals surface area contributed by atoms with Crippen LogP contribution in [0.25, 0.3) is 6.08 Å². The number of carbonyl (C=O) groups excluding carboxylic acids is 1. The number of hydrogen-bond donors (Lipinski definition) is 1. The molecular formula is C19H20BrNO4. The Bertz CT molecular complexity index is 749. The highest BCUT2D eigenvalue weighted by molar-refractivity contribution is 9.10. The first-order valence-electron chi connectivity index (χ1n) is 7.57. The van der Waals surface area contributed by atoms with Gasteiger partial charge in [-0.25, -0.2) is 0 Å². The maximum atomic E-state index is 12.0. The second-order valence-electron chi connectivity index (χ2n) is 5.14. The number of amides is 1. The van der Waals surface area contributed by atoms with Crippen LogP contribution >= 0.6 is 15.9 Å². The molecule has 0 aliphatic carbocycles. The molecule has 1 N–H and O–H groups in total. The third-order valence-corrected chi connectivity index (χ3v) is 3.96. The summed E-state index contributed by atoms with van der Waals surface area (Å²) in [5.41, 5.74) is 1.79. The molecule has 0 aromatic heterocycles. The van der Waals surface area contributed by atoms with Crippen molar-refractivity contribution in [2.75, 3.05) is 21.3 Å². The van der Waals surface area contributed by atoms with Crippen LogP contribution in [-0.4, -0.2) is 27.2 Å². The van der Waals surface area contributed by atoms with E-state index in [1.807, 2.05) is 24.3 Å². The molecule has 25 heavy (non-hydrogen) atoms. The quantitative estimate of drug-likeness (QED) is 0.711. The topological polar surface area (TPSA) is 56.8 Å². The van der Waals surface area contributed by atoms with Gasteiger partial charge in [-0.3, -0.25) is 4.79 Å². The van der Waals surface area contributed by atoms with E-state index in [-0.39, 0.29) is 5.91 Å². The molecule has 0 saturated heterocycles. The Morgan fingerprint density at radius 3 is 2.32 bits per heavy atom. The van der Waals surface area contributed by atoms with Gasteiger partial charge in [0.2, 0.25) is 11.7 Å². The lowest BCUT2D eigenvalue weighted by atomic mass is 10.1. The lowest BCUT2D eigenvalue weighted by molar-refractivity contribution is -0.116. The summed E-state index contributed by atoms with van der Waals surface area (Å²) in [6.45, 7) is 0.346. The zero-order valence-corrected chi connectivity index (χ0v) is 15.9. The molecule has 0 radical (unpaired) electrons. The van der Waals surface area contributed by atoms with Crippen molar-refractivity contribution in [2.45, 2.75) is 6.54 Å². The molecule has 0 spiro atoms. The molecule has 1 amide bonds. The minimum absolute atomic E-state index is 0.186. The van der Waals surface area contributed by atoms with Gasteiger partial charge in [0, 0.05) is 17.1 Å². The number of carbonyl (C=O) groups is 1. The van der Waals surface area contributed by atoms with E-state index in [2.05, 4.69) is 21.2 Å². The van der Waals surface area contributed by atoms with Gasteiger partial charge in [0.15, 0.2) is 11.5 Å². The van der Waals surface area contributed by atoms with Gasteiger partial charge in [0.05, 0.1) is 21.3 Å². The lowest BCUT2D eigenvalue weighted by Gasteiger charge is -2.14. The number of hydrogen-bond acceptors (Lipinski definition) is 4. The SMILES string of the molecule is COc1cc(CNC(=O)/C=C/c2cccc(Br)c2)cc(OC)c1OC. The number of rotatable bonds is 7. The van der Waals surface area contributed by atoms with Crippen molar-refractivity contribution < 1.29 is 19.0 Å². The van der Waals surface area contributed by atoms with Crippen LogP contribution in [0.4, 0.5) is 0 Å². The normalized spacial score (nSPS) is 10.6. The van der Waals surface area contributed by atoms with E-state index < -0.39 is 0 Å². The number of methoxy groups -OCH3 is 3. The van der Waals surface area contributed by atoms with Crippen molar-refractivity contribution in [2.24, 2.45) is 0 Å². The van der Waals surface area contributed by atoms with Crippen LogP contribution in [0, 0.1) is 0 Å². The predicted octanol–water partition coefficient (Wildman–Crippen LogP) is 3.80. The highest BCUT2D eigenvalue weighted by Crippen LogP contribution is 2.38. The fourth-order valence-electron chi connectivity index (χ4n) is 2.27. The fraction of sp³-hybridized carbons (Fsp3) is 0.211. The summed E-state index contributed by atoms with van der Waals surface area (Å²) in [4.78, 5) is 12.0. The first-order valence-corrected chi connectivity index (χ1v) is 8.37. The Kier molecular flexibility index (Phi) is 6.89. The summed E-state index contributed by atoms with van der Waals surface area (Å²) in [5.74, 6) is 1.44. The van der Waals surface area contributed by atoms with Crippen LogP contribution in [0.5, 0.6) is 17.2 Å². The minimum atomic E-state index is -0.186. The first kappa shape index (κ1) is 18.9. The second-order valence-corrected chi connectivity index (χ2v) is 6.06. The van der Waals surface area contributed by atoms with Gasteiger partial charge in [0.25, 0.3) is 0 Å². The molecule has 132 valence electrons. The number of halogens is 1. The lowest BCUT2D eigenvalue weighted by Crippen LogP contribution is -2.20. The summed E-state index contributed by atoms with van der Waals surface area (Å²) in [6.07, 6.45) is 3.26. The highest BCUT2D eigenvalue weighted by atomic mass is 79.9. The molecule has 0 unspecified atom stereocenters. The second kappa shape index (κ2) is 9.13. The van der Waals surface area contributed by atoms with E-state index in [9.17, 15) is 4.79 Å². The van der Waals surface area contributed by atoms with Crippen molar-refractivity contribution in [1.29, 1.82) is 0 Å². The smallest absolute Gasteiger partial charge is 0.244 e. The molecule has 2 rings (SSSR count). The fourth-order valence-corrected chi connectivity index (χ4v) is 2.68. The summed E-state index contributed by atoms with van der Waals surface area (Å²) >= 11 is 3.40. The van der Waals surface area contributed by atoms with Crippen molar-refractivity contribution in [3.05, 3.63) is 58.1 Å². The third-order valence-electron chi connectivity index (χ3n) is 3.47. The summed E-state index contributed by atoms with van der Waals surface area (Å²) in [7, 11) is 4.66. The Morgan fingerprint density at radius 1 is 1.08 bits per heavy atom. The third kappa shape index (κ3) is 5.26. The highest BCUT2D eigenvalue weighted by Gasteiger charge is 2.13. The number of ether oxygens (including phenoxy) is 3. The molecule has 2 aromatic rings. The van der Waals surface area contributed by atoms with Crippen LogP contribution in [0.3, 0.4) is 0 Å². The molecule has 0 saturated carbocycles. The van der Waals surface area contributed by atoms with Crippen molar-refractivity contribution in [1.82, 2.24) is 5.32 Å². The summed E-state index contributed by atoms with van der Waals surface area (Å²) in [5, 5.41) is 2.83. The van der Waals surface area contributed by atoms with Crippen LogP contribution in [-0.2, 0) is 11.3 Å². The predicted molar refractivity (Wildman–Crippen MR) is 101 cm³/mol. The minimum Gasteiger partial charge on any atom is -0.493 e. The maximum absolute atomic E-state index is 12.0. The van der Waals surface area contributed by atoms with Crippen molar-refractivity contribution >= 4 is 27.9 Å². The molecular weight excluding hydrogens is 386 g/mol. The van der Waals surface area contributed by atoms with Crippen LogP contribution < -0.4 is 19.5 Å². The van der Waals surface area contributed by atoms with E-state index in [1.165, 1.54) is 6.08 Å². The average molecular weight is 406 g/mol. The Morgan fingerprint density at radius 2 is 1.76 bits per heavy atom. The molecule has 5 nitrogen and oxygen atoms in total. The molecule has 0 bridgehead atoms. The van der Waals surface area contributed by atoms with Gasteiger partial charge in [0.1, 0.15) is 0 Å². The summed E-state index contributed by atoms with van der Waals surface area (Å²) < 4.78 is 16.9. The molecule has 0 aliphatic rings. The standard InChI is InChI=1S/C19H20BrNO4/c1-23-16-10-14(11-17(24-2)19(16)25-3)12-21-18(22)8-7-13-5-4-6-15(20)9-13/h4-11H,12H2,1-3H3,(H,21,22)/b8-7+. The molecule has 0 heterocycles. The van der Waals surface area contributed by atoms with Gasteiger partial charge in [-0.15, -0.1) is 0 Å².